The Balaban J connectivity index is 1.81. The summed E-state index contributed by atoms with van der Waals surface area (Å²) in [6.45, 7) is 2.97. The average Bonchev–Trinajstić information content (AvgIpc) is 2.83. The maximum Gasteiger partial charge on any atom is 0.226 e. The monoisotopic (exact) mass is 276 g/mol. The van der Waals surface area contributed by atoms with Crippen LogP contribution in [0, 0.1) is 0 Å². The van der Waals surface area contributed by atoms with Gasteiger partial charge in [-0.3, -0.25) is 4.79 Å². The first kappa shape index (κ1) is 14.9. The summed E-state index contributed by atoms with van der Waals surface area (Å²) in [4.78, 5) is 13.2. The molecule has 4 heteroatoms. The number of hydrogen-bond acceptors (Lipinski definition) is 3. The summed E-state index contributed by atoms with van der Waals surface area (Å²) in [6.07, 6.45) is 3.44. The lowest BCUT2D eigenvalue weighted by Gasteiger charge is -2.14. The molecule has 2 rings (SSSR count). The number of benzene rings is 1. The third kappa shape index (κ3) is 4.23. The van der Waals surface area contributed by atoms with Gasteiger partial charge in [0, 0.05) is 26.3 Å². The van der Waals surface area contributed by atoms with Gasteiger partial charge in [-0.2, -0.15) is 0 Å². The van der Waals surface area contributed by atoms with E-state index < -0.39 is 0 Å². The van der Waals surface area contributed by atoms with Crippen LogP contribution in [0.4, 0.5) is 5.69 Å². The smallest absolute Gasteiger partial charge is 0.226 e. The van der Waals surface area contributed by atoms with Gasteiger partial charge in [-0.15, -0.1) is 0 Å². The number of hydrogen-bond donors (Lipinski definition) is 1. The zero-order valence-electron chi connectivity index (χ0n) is 12.6. The SMILES string of the molecule is CC1CCC(CNc2ccc(CC(=O)N(C)C)cc2)O1. The molecule has 0 bridgehead atoms. The summed E-state index contributed by atoms with van der Waals surface area (Å²) in [7, 11) is 3.56. The average molecular weight is 276 g/mol. The lowest BCUT2D eigenvalue weighted by atomic mass is 10.1. The van der Waals surface area contributed by atoms with E-state index in [-0.39, 0.29) is 5.91 Å². The van der Waals surface area contributed by atoms with Gasteiger partial charge < -0.3 is 15.0 Å². The molecule has 2 atom stereocenters. The van der Waals surface area contributed by atoms with Crippen molar-refractivity contribution in [2.24, 2.45) is 0 Å². The van der Waals surface area contributed by atoms with Gasteiger partial charge in [-0.1, -0.05) is 12.1 Å². The van der Waals surface area contributed by atoms with Crippen LogP contribution in [0.3, 0.4) is 0 Å². The first-order chi connectivity index (χ1) is 9.54. The van der Waals surface area contributed by atoms with Crippen LogP contribution in [0.5, 0.6) is 0 Å². The molecule has 1 aromatic rings. The predicted octanol–water partition coefficient (Wildman–Crippen LogP) is 2.30. The molecule has 1 aliphatic heterocycles. The first-order valence-corrected chi connectivity index (χ1v) is 7.23. The number of anilines is 1. The molecule has 0 radical (unpaired) electrons. The van der Waals surface area contributed by atoms with Crippen molar-refractivity contribution in [3.05, 3.63) is 29.8 Å². The number of nitrogens with zero attached hydrogens (tertiary/aromatic N) is 1. The number of carbonyl (C=O) groups is 1. The predicted molar refractivity (Wildman–Crippen MR) is 80.9 cm³/mol. The molecule has 1 fully saturated rings. The molecule has 4 nitrogen and oxygen atoms in total. The van der Waals surface area contributed by atoms with Gasteiger partial charge in [0.1, 0.15) is 0 Å². The molecule has 1 amide bonds. The highest BCUT2D eigenvalue weighted by atomic mass is 16.5. The Labute approximate surface area is 121 Å². The number of carbonyl (C=O) groups excluding carboxylic acids is 1. The van der Waals surface area contributed by atoms with Crippen LogP contribution in [0.25, 0.3) is 0 Å². The highest BCUT2D eigenvalue weighted by Gasteiger charge is 2.21. The van der Waals surface area contributed by atoms with E-state index in [2.05, 4.69) is 12.2 Å². The van der Waals surface area contributed by atoms with Crippen LogP contribution >= 0.6 is 0 Å². The van der Waals surface area contributed by atoms with Crippen molar-refractivity contribution < 1.29 is 9.53 Å². The van der Waals surface area contributed by atoms with Crippen molar-refractivity contribution in [3.8, 4) is 0 Å². The molecule has 1 aromatic carbocycles. The number of ether oxygens (including phenoxy) is 1. The Bertz CT molecular complexity index is 442. The molecule has 1 aliphatic rings. The van der Waals surface area contributed by atoms with E-state index >= 15 is 0 Å². The maximum absolute atomic E-state index is 11.6. The third-order valence-electron chi connectivity index (χ3n) is 3.66. The van der Waals surface area contributed by atoms with E-state index in [0.717, 1.165) is 30.6 Å². The van der Waals surface area contributed by atoms with Gasteiger partial charge in [0.25, 0.3) is 0 Å². The second kappa shape index (κ2) is 6.75. The molecule has 1 N–H and O–H groups in total. The Hall–Kier alpha value is -1.55. The van der Waals surface area contributed by atoms with Crippen molar-refractivity contribution in [3.63, 3.8) is 0 Å². The minimum Gasteiger partial charge on any atom is -0.382 e. The van der Waals surface area contributed by atoms with Crippen molar-refractivity contribution in [2.45, 2.75) is 38.4 Å². The molecule has 0 aromatic heterocycles. The van der Waals surface area contributed by atoms with Crippen LogP contribution in [-0.2, 0) is 16.0 Å². The number of likely N-dealkylation sites (N-methyl/N-ethyl adjacent to an activating group) is 1. The fourth-order valence-corrected chi connectivity index (χ4v) is 2.34. The normalized spacial score (nSPS) is 21.8. The molecule has 110 valence electrons. The minimum atomic E-state index is 0.124. The zero-order valence-corrected chi connectivity index (χ0v) is 12.6. The van der Waals surface area contributed by atoms with Crippen LogP contribution in [-0.4, -0.2) is 43.7 Å². The summed E-state index contributed by atoms with van der Waals surface area (Å²) in [5.41, 5.74) is 2.12. The van der Waals surface area contributed by atoms with Crippen LogP contribution in [0.15, 0.2) is 24.3 Å². The zero-order chi connectivity index (χ0) is 14.5. The van der Waals surface area contributed by atoms with Crippen molar-refractivity contribution in [2.75, 3.05) is 26.0 Å². The molecule has 1 saturated heterocycles. The van der Waals surface area contributed by atoms with Gasteiger partial charge in [-0.05, 0) is 37.5 Å². The van der Waals surface area contributed by atoms with Crippen molar-refractivity contribution >= 4 is 11.6 Å². The fourth-order valence-electron chi connectivity index (χ4n) is 2.34. The maximum atomic E-state index is 11.6. The van der Waals surface area contributed by atoms with E-state index in [9.17, 15) is 4.79 Å². The molecule has 2 unspecified atom stereocenters. The summed E-state index contributed by atoms with van der Waals surface area (Å²) in [5, 5.41) is 3.39. The van der Waals surface area contributed by atoms with Gasteiger partial charge in [0.2, 0.25) is 5.91 Å². The standard InChI is InChI=1S/C16H24N2O2/c1-12-4-9-15(20-12)11-17-14-7-5-13(6-8-14)10-16(19)18(2)3/h5-8,12,15,17H,4,9-11H2,1-3H3. The van der Waals surface area contributed by atoms with E-state index in [0.29, 0.717) is 18.6 Å². The molecule has 0 spiro atoms. The lowest BCUT2D eigenvalue weighted by molar-refractivity contribution is -0.127. The van der Waals surface area contributed by atoms with E-state index in [1.54, 1.807) is 19.0 Å². The summed E-state index contributed by atoms with van der Waals surface area (Å²) < 4.78 is 5.77. The summed E-state index contributed by atoms with van der Waals surface area (Å²) >= 11 is 0. The number of rotatable bonds is 5. The number of nitrogens with one attached hydrogen (secondary N) is 1. The second-order valence-electron chi connectivity index (χ2n) is 5.69. The lowest BCUT2D eigenvalue weighted by Crippen LogP contribution is -2.23. The molecule has 0 saturated carbocycles. The molecule has 1 heterocycles. The minimum absolute atomic E-state index is 0.124. The van der Waals surface area contributed by atoms with Crippen molar-refractivity contribution in [1.82, 2.24) is 4.90 Å². The highest BCUT2D eigenvalue weighted by molar-refractivity contribution is 5.78. The topological polar surface area (TPSA) is 41.6 Å². The van der Waals surface area contributed by atoms with E-state index in [1.165, 1.54) is 0 Å². The molecular weight excluding hydrogens is 252 g/mol. The Morgan fingerprint density at radius 3 is 2.55 bits per heavy atom. The Kier molecular flexibility index (Phi) is 5.01. The van der Waals surface area contributed by atoms with Crippen LogP contribution < -0.4 is 5.32 Å². The third-order valence-corrected chi connectivity index (χ3v) is 3.66. The van der Waals surface area contributed by atoms with Gasteiger partial charge in [-0.25, -0.2) is 0 Å². The summed E-state index contributed by atoms with van der Waals surface area (Å²) in [6, 6.07) is 8.05. The van der Waals surface area contributed by atoms with Crippen LogP contribution in [0.1, 0.15) is 25.3 Å². The quantitative estimate of drug-likeness (QED) is 0.897. The van der Waals surface area contributed by atoms with Gasteiger partial charge in [0.05, 0.1) is 18.6 Å². The largest absolute Gasteiger partial charge is 0.382 e. The van der Waals surface area contributed by atoms with Crippen molar-refractivity contribution in [1.29, 1.82) is 0 Å². The molecule has 0 aliphatic carbocycles. The summed E-state index contributed by atoms with van der Waals surface area (Å²) in [5.74, 6) is 0.124. The Morgan fingerprint density at radius 2 is 2.00 bits per heavy atom. The Morgan fingerprint density at radius 1 is 1.30 bits per heavy atom. The fraction of sp³-hybridized carbons (Fsp3) is 0.562. The van der Waals surface area contributed by atoms with E-state index in [1.807, 2.05) is 24.3 Å². The molecule has 20 heavy (non-hydrogen) atoms. The van der Waals surface area contributed by atoms with Gasteiger partial charge >= 0.3 is 0 Å². The second-order valence-corrected chi connectivity index (χ2v) is 5.69. The van der Waals surface area contributed by atoms with E-state index in [4.69, 9.17) is 4.74 Å². The highest BCUT2D eigenvalue weighted by Crippen LogP contribution is 2.19. The first-order valence-electron chi connectivity index (χ1n) is 7.23. The number of amides is 1. The van der Waals surface area contributed by atoms with Gasteiger partial charge in [0.15, 0.2) is 0 Å². The van der Waals surface area contributed by atoms with Crippen LogP contribution in [0.2, 0.25) is 0 Å². The molecular formula is C16H24N2O2.